The van der Waals surface area contributed by atoms with Gasteiger partial charge in [0.15, 0.2) is 0 Å². The molecule has 0 aromatic carbocycles. The summed E-state index contributed by atoms with van der Waals surface area (Å²) in [6.07, 6.45) is 2.14. The number of hydrogen-bond donors (Lipinski definition) is 6. The van der Waals surface area contributed by atoms with Crippen molar-refractivity contribution in [1.29, 1.82) is 0 Å². The average Bonchev–Trinajstić information content (AvgIpc) is 2.55. The Balaban J connectivity index is 4.93. The second kappa shape index (κ2) is 11.7. The Hall–Kier alpha value is -1.85. The molecule has 0 fully saturated rings. The van der Waals surface area contributed by atoms with Crippen LogP contribution in [0.2, 0.25) is 0 Å². The summed E-state index contributed by atoms with van der Waals surface area (Å²) in [5.41, 5.74) is 5.46. The van der Waals surface area contributed by atoms with Crippen molar-refractivity contribution in [2.75, 3.05) is 18.6 Å². The third kappa shape index (κ3) is 8.70. The summed E-state index contributed by atoms with van der Waals surface area (Å²) in [4.78, 5) is 46.7. The van der Waals surface area contributed by atoms with Gasteiger partial charge in [0, 0.05) is 0 Å². The fourth-order valence-electron chi connectivity index (χ4n) is 1.65. The maximum Gasteiger partial charge on any atom is 0.325 e. The van der Waals surface area contributed by atoms with Crippen molar-refractivity contribution < 1.29 is 29.4 Å². The highest BCUT2D eigenvalue weighted by molar-refractivity contribution is 7.98. The first kappa shape index (κ1) is 23.1. The van der Waals surface area contributed by atoms with Crippen molar-refractivity contribution in [2.24, 2.45) is 5.73 Å². The van der Waals surface area contributed by atoms with E-state index in [1.807, 2.05) is 6.26 Å². The highest BCUT2D eigenvalue weighted by Gasteiger charge is 2.28. The van der Waals surface area contributed by atoms with E-state index in [0.717, 1.165) is 0 Å². The lowest BCUT2D eigenvalue weighted by atomic mass is 10.1. The minimum atomic E-state index is -1.33. The Labute approximate surface area is 150 Å². The fraction of sp³-hybridized carbons (Fsp3) is 0.714. The maximum absolute atomic E-state index is 12.3. The predicted octanol–water partition coefficient (Wildman–Crippen LogP) is -2.36. The molecule has 0 saturated heterocycles. The first-order valence-electron chi connectivity index (χ1n) is 7.63. The molecule has 25 heavy (non-hydrogen) atoms. The Morgan fingerprint density at radius 3 is 1.96 bits per heavy atom. The van der Waals surface area contributed by atoms with Crippen molar-refractivity contribution in [2.45, 2.75) is 44.4 Å². The van der Waals surface area contributed by atoms with Crippen LogP contribution in [0.25, 0.3) is 0 Å². The summed E-state index contributed by atoms with van der Waals surface area (Å²) in [5, 5.41) is 25.0. The molecule has 0 heterocycles. The summed E-state index contributed by atoms with van der Waals surface area (Å²) in [5.74, 6) is -2.71. The molecule has 0 aliphatic carbocycles. The van der Waals surface area contributed by atoms with E-state index in [0.29, 0.717) is 12.2 Å². The number of nitrogens with one attached hydrogen (secondary N) is 3. The van der Waals surface area contributed by atoms with Crippen LogP contribution in [0.3, 0.4) is 0 Å². The average molecular weight is 378 g/mol. The van der Waals surface area contributed by atoms with E-state index < -0.39 is 54.5 Å². The quantitative estimate of drug-likeness (QED) is 0.232. The molecule has 0 rings (SSSR count). The van der Waals surface area contributed by atoms with E-state index in [1.54, 1.807) is 0 Å². The summed E-state index contributed by atoms with van der Waals surface area (Å²) in [7, 11) is 0. The van der Waals surface area contributed by atoms with Gasteiger partial charge in [-0.25, -0.2) is 0 Å². The van der Waals surface area contributed by atoms with Gasteiger partial charge in [0.25, 0.3) is 0 Å². The molecule has 0 aliphatic rings. The smallest absolute Gasteiger partial charge is 0.325 e. The number of aliphatic carboxylic acids is 1. The van der Waals surface area contributed by atoms with Crippen LogP contribution in [0.5, 0.6) is 0 Å². The molecule has 10 nitrogen and oxygen atoms in total. The molecule has 0 radical (unpaired) electrons. The van der Waals surface area contributed by atoms with Crippen LogP contribution < -0.4 is 21.7 Å². The number of amides is 3. The summed E-state index contributed by atoms with van der Waals surface area (Å²) < 4.78 is 0. The summed E-state index contributed by atoms with van der Waals surface area (Å²) in [6.45, 7) is 2.00. The molecular formula is C14H26N4O6S. The van der Waals surface area contributed by atoms with Crippen LogP contribution in [0.4, 0.5) is 0 Å². The molecule has 0 spiro atoms. The zero-order chi connectivity index (χ0) is 19.6. The lowest BCUT2D eigenvalue weighted by Gasteiger charge is -2.23. The highest BCUT2D eigenvalue weighted by atomic mass is 32.2. The third-order valence-electron chi connectivity index (χ3n) is 3.20. The summed E-state index contributed by atoms with van der Waals surface area (Å²) in [6, 6.07) is -4.25. The van der Waals surface area contributed by atoms with Gasteiger partial charge in [0.1, 0.15) is 18.1 Å². The van der Waals surface area contributed by atoms with Gasteiger partial charge >= 0.3 is 5.97 Å². The van der Waals surface area contributed by atoms with E-state index in [1.165, 1.54) is 25.6 Å². The van der Waals surface area contributed by atoms with Crippen molar-refractivity contribution in [1.82, 2.24) is 16.0 Å². The molecule has 3 amide bonds. The number of carboxylic acid groups (broad SMARTS) is 1. The van der Waals surface area contributed by atoms with Gasteiger partial charge in [0.2, 0.25) is 17.7 Å². The third-order valence-corrected chi connectivity index (χ3v) is 3.85. The maximum atomic E-state index is 12.3. The molecule has 0 saturated carbocycles. The molecule has 11 heteroatoms. The monoisotopic (exact) mass is 378 g/mol. The number of carbonyl (C=O) groups excluding carboxylic acids is 3. The molecule has 4 atom stereocenters. The van der Waals surface area contributed by atoms with E-state index in [9.17, 15) is 24.3 Å². The largest absolute Gasteiger partial charge is 0.480 e. The van der Waals surface area contributed by atoms with Gasteiger partial charge in [-0.2, -0.15) is 11.8 Å². The van der Waals surface area contributed by atoms with E-state index in [-0.39, 0.29) is 0 Å². The number of carbonyl (C=O) groups is 4. The van der Waals surface area contributed by atoms with E-state index >= 15 is 0 Å². The van der Waals surface area contributed by atoms with Gasteiger partial charge in [-0.3, -0.25) is 19.2 Å². The van der Waals surface area contributed by atoms with Gasteiger partial charge in [0.05, 0.1) is 12.6 Å². The van der Waals surface area contributed by atoms with Gasteiger partial charge in [-0.1, -0.05) is 0 Å². The molecular weight excluding hydrogens is 352 g/mol. The molecule has 7 N–H and O–H groups in total. The second-order valence-corrected chi connectivity index (χ2v) is 6.43. The van der Waals surface area contributed by atoms with Crippen LogP contribution in [0.1, 0.15) is 20.3 Å². The van der Waals surface area contributed by atoms with Crippen LogP contribution >= 0.6 is 11.8 Å². The van der Waals surface area contributed by atoms with Gasteiger partial charge < -0.3 is 31.9 Å². The Bertz CT molecular complexity index is 488. The minimum Gasteiger partial charge on any atom is -0.480 e. The molecule has 0 aromatic rings. The van der Waals surface area contributed by atoms with Crippen molar-refractivity contribution in [3.05, 3.63) is 0 Å². The van der Waals surface area contributed by atoms with Crippen molar-refractivity contribution in [3.63, 3.8) is 0 Å². The number of carboxylic acids is 1. The van der Waals surface area contributed by atoms with Crippen molar-refractivity contribution in [3.8, 4) is 0 Å². The van der Waals surface area contributed by atoms with Crippen LogP contribution in [0.15, 0.2) is 0 Å². The number of thioether (sulfide) groups is 1. The molecule has 0 aromatic heterocycles. The van der Waals surface area contributed by atoms with E-state index in [2.05, 4.69) is 16.0 Å². The Morgan fingerprint density at radius 2 is 1.52 bits per heavy atom. The molecule has 0 aliphatic heterocycles. The number of aliphatic hydroxyl groups excluding tert-OH is 1. The standard InChI is InChI=1S/C14H26N4O6S/c1-7(15)11(20)17-9(4-5-25-3)12(21)18-10(6-19)13(22)16-8(2)14(23)24/h7-10,19H,4-6,15H2,1-3H3,(H,16,22)(H,17,20)(H,18,21)(H,23,24). The number of hydrogen-bond acceptors (Lipinski definition) is 7. The van der Waals surface area contributed by atoms with Gasteiger partial charge in [-0.15, -0.1) is 0 Å². The second-order valence-electron chi connectivity index (χ2n) is 5.44. The lowest BCUT2D eigenvalue weighted by Crippen LogP contribution is -2.57. The SMILES string of the molecule is CSCCC(NC(=O)C(C)N)C(=O)NC(CO)C(=O)NC(C)C(=O)O. The topological polar surface area (TPSA) is 171 Å². The predicted molar refractivity (Wildman–Crippen MR) is 92.8 cm³/mol. The van der Waals surface area contributed by atoms with Crippen LogP contribution in [0, 0.1) is 0 Å². The Morgan fingerprint density at radius 1 is 1.00 bits per heavy atom. The number of rotatable bonds is 11. The fourth-order valence-corrected chi connectivity index (χ4v) is 2.12. The molecule has 144 valence electrons. The minimum absolute atomic E-state index is 0.302. The lowest BCUT2D eigenvalue weighted by molar-refractivity contribution is -0.142. The number of nitrogens with two attached hydrogens (primary N) is 1. The molecule has 4 unspecified atom stereocenters. The first-order chi connectivity index (χ1) is 11.6. The Kier molecular flexibility index (Phi) is 10.8. The van der Waals surface area contributed by atoms with E-state index in [4.69, 9.17) is 10.8 Å². The molecule has 0 bridgehead atoms. The highest BCUT2D eigenvalue weighted by Crippen LogP contribution is 2.02. The normalized spacial score (nSPS) is 15.4. The van der Waals surface area contributed by atoms with Crippen LogP contribution in [-0.4, -0.2) is 76.7 Å². The number of aliphatic hydroxyl groups is 1. The summed E-state index contributed by atoms with van der Waals surface area (Å²) >= 11 is 1.47. The zero-order valence-electron chi connectivity index (χ0n) is 14.4. The van der Waals surface area contributed by atoms with Gasteiger partial charge in [-0.05, 0) is 32.3 Å². The first-order valence-corrected chi connectivity index (χ1v) is 9.02. The zero-order valence-corrected chi connectivity index (χ0v) is 15.3. The van der Waals surface area contributed by atoms with Crippen molar-refractivity contribution >= 4 is 35.5 Å². The van der Waals surface area contributed by atoms with Crippen LogP contribution in [-0.2, 0) is 19.2 Å².